The largest absolute Gasteiger partial charge is 0.381 e. The van der Waals surface area contributed by atoms with Crippen LogP contribution in [0.4, 0.5) is 0 Å². The number of piperidine rings is 1. The molecular weight excluding hydrogens is 200 g/mol. The van der Waals surface area contributed by atoms with Crippen LogP contribution in [0.1, 0.15) is 25.7 Å². The molecule has 3 heteroatoms. The predicted octanol–water partition coefficient (Wildman–Crippen LogP) is 1.10. The molecule has 0 bridgehead atoms. The molecule has 3 aliphatic rings. The molecule has 3 heterocycles. The van der Waals surface area contributed by atoms with Gasteiger partial charge in [-0.1, -0.05) is 0 Å². The summed E-state index contributed by atoms with van der Waals surface area (Å²) in [5.74, 6) is 1.84. The Hall–Kier alpha value is -0.120. The van der Waals surface area contributed by atoms with Gasteiger partial charge in [-0.05, 0) is 50.6 Å². The van der Waals surface area contributed by atoms with Crippen molar-refractivity contribution in [2.24, 2.45) is 11.8 Å². The van der Waals surface area contributed by atoms with Gasteiger partial charge in [0.25, 0.3) is 0 Å². The first-order chi connectivity index (χ1) is 7.92. The Morgan fingerprint density at radius 1 is 1.12 bits per heavy atom. The Balaban J connectivity index is 1.48. The van der Waals surface area contributed by atoms with Crippen molar-refractivity contribution in [2.75, 3.05) is 39.4 Å². The van der Waals surface area contributed by atoms with E-state index in [9.17, 15) is 0 Å². The first-order valence-corrected chi connectivity index (χ1v) is 6.95. The van der Waals surface area contributed by atoms with E-state index in [1.54, 1.807) is 0 Å². The molecule has 3 rings (SSSR count). The van der Waals surface area contributed by atoms with Gasteiger partial charge in [0.2, 0.25) is 0 Å². The second kappa shape index (κ2) is 5.03. The lowest BCUT2D eigenvalue weighted by atomic mass is 9.91. The van der Waals surface area contributed by atoms with Gasteiger partial charge in [0.05, 0.1) is 0 Å². The third-order valence-corrected chi connectivity index (χ3v) is 4.60. The van der Waals surface area contributed by atoms with Crippen LogP contribution in [0, 0.1) is 11.8 Å². The summed E-state index contributed by atoms with van der Waals surface area (Å²) in [6.07, 6.45) is 5.33. The molecule has 0 aromatic carbocycles. The summed E-state index contributed by atoms with van der Waals surface area (Å²) in [6.45, 7) is 7.21. The Labute approximate surface area is 98.5 Å². The Morgan fingerprint density at radius 3 is 2.88 bits per heavy atom. The molecule has 0 radical (unpaired) electrons. The van der Waals surface area contributed by atoms with Gasteiger partial charge in [0, 0.05) is 32.3 Å². The first-order valence-electron chi connectivity index (χ1n) is 6.95. The van der Waals surface area contributed by atoms with Gasteiger partial charge in [0.15, 0.2) is 0 Å². The average Bonchev–Trinajstić information content (AvgIpc) is 2.77. The van der Waals surface area contributed by atoms with E-state index in [2.05, 4.69) is 10.2 Å². The number of hydrogen-bond acceptors (Lipinski definition) is 3. The van der Waals surface area contributed by atoms with Crippen LogP contribution in [0.15, 0.2) is 0 Å². The maximum atomic E-state index is 5.43. The monoisotopic (exact) mass is 224 g/mol. The Bertz CT molecular complexity index is 228. The molecule has 92 valence electrons. The molecule has 3 fully saturated rings. The number of nitrogens with zero attached hydrogens (tertiary/aromatic N) is 1. The summed E-state index contributed by atoms with van der Waals surface area (Å²) in [5, 5.41) is 3.64. The van der Waals surface area contributed by atoms with Gasteiger partial charge in [-0.15, -0.1) is 0 Å². The molecule has 1 N–H and O–H groups in total. The van der Waals surface area contributed by atoms with Crippen LogP contribution < -0.4 is 5.32 Å². The quantitative estimate of drug-likeness (QED) is 0.760. The lowest BCUT2D eigenvalue weighted by Gasteiger charge is -2.37. The van der Waals surface area contributed by atoms with Crippen LogP contribution in [0.25, 0.3) is 0 Å². The third-order valence-electron chi connectivity index (χ3n) is 4.60. The van der Waals surface area contributed by atoms with Crippen LogP contribution >= 0.6 is 0 Å². The topological polar surface area (TPSA) is 24.5 Å². The number of likely N-dealkylation sites (tertiary alicyclic amines) is 1. The fraction of sp³-hybridized carbons (Fsp3) is 1.00. The Kier molecular flexibility index (Phi) is 3.46. The maximum absolute atomic E-state index is 5.43. The average molecular weight is 224 g/mol. The molecule has 3 aliphatic heterocycles. The lowest BCUT2D eigenvalue weighted by Crippen LogP contribution is -2.46. The molecule has 2 unspecified atom stereocenters. The van der Waals surface area contributed by atoms with E-state index in [1.165, 1.54) is 51.9 Å². The van der Waals surface area contributed by atoms with Crippen molar-refractivity contribution in [3.63, 3.8) is 0 Å². The van der Waals surface area contributed by atoms with E-state index < -0.39 is 0 Å². The minimum atomic E-state index is 0.839. The molecule has 0 aromatic rings. The van der Waals surface area contributed by atoms with Crippen molar-refractivity contribution < 1.29 is 4.74 Å². The van der Waals surface area contributed by atoms with Crippen LogP contribution in [0.5, 0.6) is 0 Å². The van der Waals surface area contributed by atoms with Gasteiger partial charge in [0.1, 0.15) is 0 Å². The molecule has 3 nitrogen and oxygen atoms in total. The van der Waals surface area contributed by atoms with E-state index in [0.717, 1.165) is 31.1 Å². The number of nitrogens with one attached hydrogen (secondary N) is 1. The number of rotatable bonds is 2. The summed E-state index contributed by atoms with van der Waals surface area (Å²) < 4.78 is 5.43. The van der Waals surface area contributed by atoms with Crippen molar-refractivity contribution in [3.8, 4) is 0 Å². The van der Waals surface area contributed by atoms with Gasteiger partial charge >= 0.3 is 0 Å². The molecule has 0 aliphatic carbocycles. The van der Waals surface area contributed by atoms with Crippen LogP contribution in [0.2, 0.25) is 0 Å². The second-order valence-corrected chi connectivity index (χ2v) is 5.71. The van der Waals surface area contributed by atoms with Crippen LogP contribution in [0.3, 0.4) is 0 Å². The highest BCUT2D eigenvalue weighted by molar-refractivity contribution is 4.90. The highest BCUT2D eigenvalue weighted by Crippen LogP contribution is 2.26. The summed E-state index contributed by atoms with van der Waals surface area (Å²) in [7, 11) is 0. The third kappa shape index (κ3) is 2.41. The zero-order chi connectivity index (χ0) is 10.8. The highest BCUT2D eigenvalue weighted by atomic mass is 16.5. The van der Waals surface area contributed by atoms with Crippen LogP contribution in [-0.4, -0.2) is 50.3 Å². The molecular formula is C13H24N2O. The zero-order valence-corrected chi connectivity index (χ0v) is 10.2. The van der Waals surface area contributed by atoms with E-state index in [0.29, 0.717) is 0 Å². The fourth-order valence-corrected chi connectivity index (χ4v) is 3.58. The van der Waals surface area contributed by atoms with Crippen molar-refractivity contribution in [2.45, 2.75) is 31.7 Å². The standard InChI is InChI=1S/C13H24N2O/c1-5-14-13-2-6-15(10-12(1)13)9-11-3-7-16-8-4-11/h11-14H,1-10H2. The highest BCUT2D eigenvalue weighted by Gasteiger charge is 2.33. The normalized spacial score (nSPS) is 37.5. The molecule has 2 atom stereocenters. The molecule has 3 saturated heterocycles. The van der Waals surface area contributed by atoms with Crippen molar-refractivity contribution in [3.05, 3.63) is 0 Å². The fourth-order valence-electron chi connectivity index (χ4n) is 3.58. The molecule has 0 saturated carbocycles. The summed E-state index contributed by atoms with van der Waals surface area (Å²) in [4.78, 5) is 2.71. The van der Waals surface area contributed by atoms with Gasteiger partial charge in [-0.25, -0.2) is 0 Å². The molecule has 16 heavy (non-hydrogen) atoms. The minimum absolute atomic E-state index is 0.839. The number of ether oxygens (including phenoxy) is 1. The van der Waals surface area contributed by atoms with E-state index >= 15 is 0 Å². The Morgan fingerprint density at radius 2 is 2.00 bits per heavy atom. The molecule has 0 aromatic heterocycles. The van der Waals surface area contributed by atoms with Gasteiger partial charge in [-0.3, -0.25) is 0 Å². The summed E-state index contributed by atoms with van der Waals surface area (Å²) in [6, 6.07) is 0.839. The molecule has 0 amide bonds. The smallest absolute Gasteiger partial charge is 0.0469 e. The van der Waals surface area contributed by atoms with E-state index in [4.69, 9.17) is 4.74 Å². The van der Waals surface area contributed by atoms with Gasteiger partial charge < -0.3 is 15.0 Å². The van der Waals surface area contributed by atoms with E-state index in [1.807, 2.05) is 0 Å². The van der Waals surface area contributed by atoms with Crippen molar-refractivity contribution in [1.29, 1.82) is 0 Å². The predicted molar refractivity (Wildman–Crippen MR) is 64.5 cm³/mol. The lowest BCUT2D eigenvalue weighted by molar-refractivity contribution is 0.0441. The minimum Gasteiger partial charge on any atom is -0.381 e. The summed E-state index contributed by atoms with van der Waals surface area (Å²) in [5.41, 5.74) is 0. The zero-order valence-electron chi connectivity index (χ0n) is 10.2. The van der Waals surface area contributed by atoms with E-state index in [-0.39, 0.29) is 0 Å². The van der Waals surface area contributed by atoms with Gasteiger partial charge in [-0.2, -0.15) is 0 Å². The van der Waals surface area contributed by atoms with Crippen LogP contribution in [-0.2, 0) is 4.74 Å². The number of fused-ring (bicyclic) bond motifs is 1. The van der Waals surface area contributed by atoms with Crippen molar-refractivity contribution >= 4 is 0 Å². The SMILES string of the molecule is C1CC2CN(CC3CCOCC3)CCC2N1. The first kappa shape index (κ1) is 11.0. The number of hydrogen-bond donors (Lipinski definition) is 1. The molecule has 0 spiro atoms. The maximum Gasteiger partial charge on any atom is 0.0469 e. The summed E-state index contributed by atoms with van der Waals surface area (Å²) >= 11 is 0. The van der Waals surface area contributed by atoms with Crippen molar-refractivity contribution in [1.82, 2.24) is 10.2 Å². The second-order valence-electron chi connectivity index (χ2n) is 5.71.